The molecule has 0 bridgehead atoms. The first-order valence-corrected chi connectivity index (χ1v) is 11.1. The lowest BCUT2D eigenvalue weighted by Crippen LogP contribution is -2.43. The van der Waals surface area contributed by atoms with E-state index in [0.717, 1.165) is 6.42 Å². The molecule has 1 aliphatic heterocycles. The number of sulfonamides is 1. The van der Waals surface area contributed by atoms with Crippen LogP contribution < -0.4 is 10.0 Å². The lowest BCUT2D eigenvalue weighted by molar-refractivity contribution is -0.119. The molecule has 0 aromatic heterocycles. The van der Waals surface area contributed by atoms with Gasteiger partial charge in [-0.1, -0.05) is 18.2 Å². The van der Waals surface area contributed by atoms with Gasteiger partial charge in [0, 0.05) is 23.8 Å². The van der Waals surface area contributed by atoms with Crippen LogP contribution in [0.3, 0.4) is 0 Å². The van der Waals surface area contributed by atoms with Gasteiger partial charge in [-0.05, 0) is 63.1 Å². The highest BCUT2D eigenvalue weighted by atomic mass is 32.2. The number of hydrogen-bond donors (Lipinski definition) is 2. The van der Waals surface area contributed by atoms with Crippen molar-refractivity contribution in [2.45, 2.75) is 43.7 Å². The van der Waals surface area contributed by atoms with Crippen molar-refractivity contribution < 1.29 is 18.0 Å². The van der Waals surface area contributed by atoms with E-state index in [4.69, 9.17) is 0 Å². The minimum absolute atomic E-state index is 0.131. The second-order valence-corrected chi connectivity index (χ2v) is 9.03. The molecule has 0 spiro atoms. The molecule has 1 atom stereocenters. The third-order valence-corrected chi connectivity index (χ3v) is 6.33. The fourth-order valence-electron chi connectivity index (χ4n) is 3.35. The highest BCUT2D eigenvalue weighted by molar-refractivity contribution is 7.89. The van der Waals surface area contributed by atoms with Crippen molar-refractivity contribution in [3.8, 4) is 0 Å². The number of carbonyl (C=O) groups excluding carboxylic acids is 2. The molecule has 0 unspecified atom stereocenters. The monoisotopic (exact) mass is 415 g/mol. The second-order valence-electron chi connectivity index (χ2n) is 7.31. The molecule has 0 saturated carbocycles. The molecule has 2 aromatic carbocycles. The molecule has 29 heavy (non-hydrogen) atoms. The molecule has 0 aliphatic carbocycles. The Bertz CT molecular complexity index is 973. The Morgan fingerprint density at radius 2 is 1.69 bits per heavy atom. The van der Waals surface area contributed by atoms with Crippen LogP contribution in [0.2, 0.25) is 0 Å². The van der Waals surface area contributed by atoms with Gasteiger partial charge in [-0.3, -0.25) is 9.59 Å². The predicted octanol–water partition coefficient (Wildman–Crippen LogP) is 2.62. The van der Waals surface area contributed by atoms with Gasteiger partial charge in [0.05, 0.1) is 4.90 Å². The van der Waals surface area contributed by atoms with Crippen LogP contribution >= 0.6 is 0 Å². The Morgan fingerprint density at radius 1 is 1.03 bits per heavy atom. The van der Waals surface area contributed by atoms with Crippen LogP contribution in [-0.2, 0) is 14.8 Å². The number of nitrogens with zero attached hydrogens (tertiary/aromatic N) is 1. The van der Waals surface area contributed by atoms with Crippen LogP contribution in [-0.4, -0.2) is 43.8 Å². The quantitative estimate of drug-likeness (QED) is 0.758. The number of anilines is 1. The molecule has 2 N–H and O–H groups in total. The Morgan fingerprint density at radius 3 is 2.31 bits per heavy atom. The van der Waals surface area contributed by atoms with E-state index in [1.54, 1.807) is 55.1 Å². The van der Waals surface area contributed by atoms with Gasteiger partial charge in [0.25, 0.3) is 5.91 Å². The van der Waals surface area contributed by atoms with E-state index in [1.807, 2.05) is 6.07 Å². The van der Waals surface area contributed by atoms with E-state index in [9.17, 15) is 18.0 Å². The van der Waals surface area contributed by atoms with Crippen molar-refractivity contribution in [2.24, 2.45) is 0 Å². The van der Waals surface area contributed by atoms with E-state index in [0.29, 0.717) is 24.2 Å². The summed E-state index contributed by atoms with van der Waals surface area (Å²) in [4.78, 5) is 27.2. The molecule has 1 aliphatic rings. The largest absolute Gasteiger partial charge is 0.327 e. The number of hydrogen-bond acceptors (Lipinski definition) is 4. The average Bonchev–Trinajstić information content (AvgIpc) is 3.17. The molecule has 1 heterocycles. The minimum atomic E-state index is -3.59. The SMILES string of the molecule is CC(C)NS(=O)(=O)c1ccc(NC(=O)[C@@H]2CCCN2C(=O)c2ccccc2)cc1. The number of nitrogens with one attached hydrogen (secondary N) is 2. The highest BCUT2D eigenvalue weighted by Gasteiger charge is 2.34. The van der Waals surface area contributed by atoms with E-state index < -0.39 is 16.1 Å². The van der Waals surface area contributed by atoms with Crippen LogP contribution in [0.25, 0.3) is 0 Å². The van der Waals surface area contributed by atoms with Crippen LogP contribution in [0.4, 0.5) is 5.69 Å². The average molecular weight is 416 g/mol. The molecule has 7 nitrogen and oxygen atoms in total. The van der Waals surface area contributed by atoms with Gasteiger partial charge in [-0.2, -0.15) is 0 Å². The Hall–Kier alpha value is -2.71. The summed E-state index contributed by atoms with van der Waals surface area (Å²) in [6.07, 6.45) is 1.35. The lowest BCUT2D eigenvalue weighted by Gasteiger charge is -2.24. The molecule has 154 valence electrons. The first kappa shape index (κ1) is 21.0. The highest BCUT2D eigenvalue weighted by Crippen LogP contribution is 2.22. The number of amides is 2. The molecule has 2 amide bonds. The summed E-state index contributed by atoms with van der Waals surface area (Å²) in [5, 5.41) is 2.79. The number of benzene rings is 2. The van der Waals surface area contributed by atoms with Crippen molar-refractivity contribution in [1.29, 1.82) is 0 Å². The third-order valence-electron chi connectivity index (χ3n) is 4.66. The summed E-state index contributed by atoms with van der Waals surface area (Å²) in [7, 11) is -3.59. The summed E-state index contributed by atoms with van der Waals surface area (Å²) >= 11 is 0. The fraction of sp³-hybridized carbons (Fsp3) is 0.333. The van der Waals surface area contributed by atoms with Gasteiger partial charge in [0.2, 0.25) is 15.9 Å². The van der Waals surface area contributed by atoms with E-state index in [2.05, 4.69) is 10.0 Å². The van der Waals surface area contributed by atoms with Gasteiger partial charge >= 0.3 is 0 Å². The van der Waals surface area contributed by atoms with Crippen molar-refractivity contribution in [3.05, 3.63) is 60.2 Å². The van der Waals surface area contributed by atoms with E-state index >= 15 is 0 Å². The lowest BCUT2D eigenvalue weighted by atomic mass is 10.1. The van der Waals surface area contributed by atoms with Crippen molar-refractivity contribution in [1.82, 2.24) is 9.62 Å². The fourth-order valence-corrected chi connectivity index (χ4v) is 4.60. The standard InChI is InChI=1S/C21H25N3O4S/c1-15(2)23-29(27,28)18-12-10-17(11-13-18)22-20(25)19-9-6-14-24(19)21(26)16-7-4-3-5-8-16/h3-5,7-8,10-13,15,19,23H,6,9,14H2,1-2H3,(H,22,25)/t19-/m0/s1. The summed E-state index contributed by atoms with van der Waals surface area (Å²) in [5.74, 6) is -0.438. The summed E-state index contributed by atoms with van der Waals surface area (Å²) < 4.78 is 26.9. The number of carbonyl (C=O) groups is 2. The third kappa shape index (κ3) is 5.02. The van der Waals surface area contributed by atoms with Crippen LogP contribution in [0.1, 0.15) is 37.0 Å². The summed E-state index contributed by atoms with van der Waals surface area (Å²) in [5.41, 5.74) is 1.04. The van der Waals surface area contributed by atoms with Gasteiger partial charge in [-0.25, -0.2) is 13.1 Å². The number of likely N-dealkylation sites (tertiary alicyclic amines) is 1. The zero-order valence-corrected chi connectivity index (χ0v) is 17.3. The zero-order valence-electron chi connectivity index (χ0n) is 16.5. The van der Waals surface area contributed by atoms with Crippen molar-refractivity contribution in [3.63, 3.8) is 0 Å². The maximum Gasteiger partial charge on any atom is 0.254 e. The summed E-state index contributed by atoms with van der Waals surface area (Å²) in [6.45, 7) is 4.02. The minimum Gasteiger partial charge on any atom is -0.327 e. The first-order chi connectivity index (χ1) is 13.8. The Kier molecular flexibility index (Phi) is 6.34. The normalized spacial score (nSPS) is 16.8. The second kappa shape index (κ2) is 8.75. The maximum absolute atomic E-state index is 12.8. The van der Waals surface area contributed by atoms with Gasteiger partial charge in [0.1, 0.15) is 6.04 Å². The molecule has 0 radical (unpaired) electrons. The van der Waals surface area contributed by atoms with Crippen molar-refractivity contribution in [2.75, 3.05) is 11.9 Å². The number of rotatable bonds is 6. The molecule has 8 heteroatoms. The van der Waals surface area contributed by atoms with Gasteiger partial charge in [-0.15, -0.1) is 0 Å². The molecule has 1 fully saturated rings. The molecule has 3 rings (SSSR count). The molecule has 1 saturated heterocycles. The van der Waals surface area contributed by atoms with Gasteiger partial charge < -0.3 is 10.2 Å². The molecular formula is C21H25N3O4S. The van der Waals surface area contributed by atoms with Crippen molar-refractivity contribution >= 4 is 27.5 Å². The Labute approximate surface area is 171 Å². The van der Waals surface area contributed by atoms with Crippen LogP contribution in [0.5, 0.6) is 0 Å². The maximum atomic E-state index is 12.8. The topological polar surface area (TPSA) is 95.6 Å². The van der Waals surface area contributed by atoms with E-state index in [1.165, 1.54) is 12.1 Å². The smallest absolute Gasteiger partial charge is 0.254 e. The van der Waals surface area contributed by atoms with Gasteiger partial charge in [0.15, 0.2) is 0 Å². The van der Waals surface area contributed by atoms with Crippen LogP contribution in [0.15, 0.2) is 59.5 Å². The first-order valence-electron chi connectivity index (χ1n) is 9.57. The van der Waals surface area contributed by atoms with E-state index in [-0.39, 0.29) is 22.8 Å². The summed E-state index contributed by atoms with van der Waals surface area (Å²) in [6, 6.07) is 14.1. The molecule has 2 aromatic rings. The molecular weight excluding hydrogens is 390 g/mol. The zero-order chi connectivity index (χ0) is 21.0. The van der Waals surface area contributed by atoms with Crippen LogP contribution in [0, 0.1) is 0 Å². The Balaban J connectivity index is 1.69. The predicted molar refractivity (Wildman–Crippen MR) is 111 cm³/mol.